The lowest BCUT2D eigenvalue weighted by atomic mass is 10.1. The largest absolute Gasteiger partial charge is 0.350 e. The van der Waals surface area contributed by atoms with Crippen LogP contribution in [0.25, 0.3) is 17.1 Å². The zero-order chi connectivity index (χ0) is 14.7. The van der Waals surface area contributed by atoms with Crippen molar-refractivity contribution in [3.8, 4) is 0 Å². The first-order chi connectivity index (χ1) is 10.2. The van der Waals surface area contributed by atoms with Crippen molar-refractivity contribution in [3.05, 3.63) is 36.2 Å². The quantitative estimate of drug-likeness (QED) is 0.845. The molecule has 5 nitrogen and oxygen atoms in total. The molecule has 3 heterocycles. The third-order valence-corrected chi connectivity index (χ3v) is 3.96. The molecule has 0 bridgehead atoms. The highest BCUT2D eigenvalue weighted by Crippen LogP contribution is 2.16. The predicted octanol–water partition coefficient (Wildman–Crippen LogP) is 1.79. The molecule has 1 amide bonds. The fourth-order valence-electron chi connectivity index (χ4n) is 2.68. The fraction of sp³-hybridized carbons (Fsp3) is 0.375. The minimum Gasteiger partial charge on any atom is -0.350 e. The first kappa shape index (κ1) is 13.8. The molecule has 1 fully saturated rings. The minimum atomic E-state index is -0.0252. The van der Waals surface area contributed by atoms with Crippen LogP contribution in [0, 0.1) is 0 Å². The molecule has 110 valence electrons. The van der Waals surface area contributed by atoms with Crippen LogP contribution in [0.4, 0.5) is 0 Å². The second-order valence-corrected chi connectivity index (χ2v) is 5.56. The number of piperidine rings is 1. The topological polar surface area (TPSA) is 61.0 Å². The third-order valence-electron chi connectivity index (χ3n) is 3.96. The third kappa shape index (κ3) is 3.31. The average Bonchev–Trinajstić information content (AvgIpc) is 2.91. The molecule has 0 aromatic carbocycles. The predicted molar refractivity (Wildman–Crippen MR) is 83.8 cm³/mol. The molecule has 3 rings (SSSR count). The summed E-state index contributed by atoms with van der Waals surface area (Å²) >= 11 is 0. The lowest BCUT2D eigenvalue weighted by Crippen LogP contribution is -2.42. The Morgan fingerprint density at radius 3 is 3.10 bits per heavy atom. The van der Waals surface area contributed by atoms with Crippen molar-refractivity contribution in [3.63, 3.8) is 0 Å². The summed E-state index contributed by atoms with van der Waals surface area (Å²) in [6.07, 6.45) is 9.11. The number of rotatable bonds is 3. The van der Waals surface area contributed by atoms with Crippen molar-refractivity contribution in [2.24, 2.45) is 0 Å². The number of pyridine rings is 1. The molecule has 5 heteroatoms. The van der Waals surface area contributed by atoms with E-state index in [9.17, 15) is 4.79 Å². The van der Waals surface area contributed by atoms with Crippen LogP contribution in [-0.4, -0.2) is 47.0 Å². The van der Waals surface area contributed by atoms with Gasteiger partial charge in [-0.25, -0.2) is 4.98 Å². The van der Waals surface area contributed by atoms with Gasteiger partial charge in [0.15, 0.2) is 0 Å². The van der Waals surface area contributed by atoms with E-state index in [0.29, 0.717) is 6.04 Å². The molecule has 1 saturated heterocycles. The van der Waals surface area contributed by atoms with E-state index in [0.717, 1.165) is 42.5 Å². The molecule has 0 spiro atoms. The van der Waals surface area contributed by atoms with Crippen LogP contribution >= 0.6 is 0 Å². The number of carbonyl (C=O) groups excluding carboxylic acids is 1. The van der Waals surface area contributed by atoms with Gasteiger partial charge in [-0.1, -0.05) is 0 Å². The van der Waals surface area contributed by atoms with Crippen LogP contribution in [0.1, 0.15) is 18.4 Å². The standard InChI is InChI=1S/C16H20N4O/c1-20-9-6-13(7-10-20)19-15(21)5-4-12-11-18-16-14(12)3-2-8-17-16/h2-5,8,11,13H,6-7,9-10H2,1H3,(H,17,18)(H,19,21)/b5-4+. The number of aromatic amines is 1. The van der Waals surface area contributed by atoms with Crippen molar-refractivity contribution in [2.45, 2.75) is 18.9 Å². The van der Waals surface area contributed by atoms with Gasteiger partial charge in [0, 0.05) is 35.5 Å². The van der Waals surface area contributed by atoms with E-state index in [1.165, 1.54) is 0 Å². The van der Waals surface area contributed by atoms with Crippen molar-refractivity contribution < 1.29 is 4.79 Å². The molecule has 1 aliphatic heterocycles. The molecule has 0 radical (unpaired) electrons. The molecule has 2 aromatic heterocycles. The monoisotopic (exact) mass is 284 g/mol. The number of H-pyrrole nitrogens is 1. The Hall–Kier alpha value is -2.14. The van der Waals surface area contributed by atoms with Crippen molar-refractivity contribution in [1.82, 2.24) is 20.2 Å². The van der Waals surface area contributed by atoms with Gasteiger partial charge in [0.05, 0.1) is 0 Å². The fourth-order valence-corrected chi connectivity index (χ4v) is 2.68. The van der Waals surface area contributed by atoms with Crippen LogP contribution in [-0.2, 0) is 4.79 Å². The smallest absolute Gasteiger partial charge is 0.244 e. The first-order valence-corrected chi connectivity index (χ1v) is 7.31. The molecule has 0 saturated carbocycles. The second kappa shape index (κ2) is 6.10. The average molecular weight is 284 g/mol. The maximum Gasteiger partial charge on any atom is 0.244 e. The highest BCUT2D eigenvalue weighted by atomic mass is 16.1. The van der Waals surface area contributed by atoms with Crippen molar-refractivity contribution >= 4 is 23.0 Å². The number of nitrogens with zero attached hydrogens (tertiary/aromatic N) is 2. The molecule has 21 heavy (non-hydrogen) atoms. The van der Waals surface area contributed by atoms with E-state index in [1.807, 2.05) is 24.4 Å². The van der Waals surface area contributed by atoms with E-state index < -0.39 is 0 Å². The van der Waals surface area contributed by atoms with Crippen molar-refractivity contribution in [2.75, 3.05) is 20.1 Å². The van der Waals surface area contributed by atoms with Gasteiger partial charge in [0.2, 0.25) is 5.91 Å². The Bertz CT molecular complexity index is 653. The summed E-state index contributed by atoms with van der Waals surface area (Å²) in [5.41, 5.74) is 1.82. The van der Waals surface area contributed by atoms with Crippen LogP contribution in [0.2, 0.25) is 0 Å². The number of hydrogen-bond acceptors (Lipinski definition) is 3. The Balaban J connectivity index is 1.62. The number of nitrogens with one attached hydrogen (secondary N) is 2. The SMILES string of the molecule is CN1CCC(NC(=O)/C=C/c2c[nH]c3ncccc23)CC1. The Kier molecular flexibility index (Phi) is 4.01. The van der Waals surface area contributed by atoms with Crippen LogP contribution in [0.5, 0.6) is 0 Å². The zero-order valence-corrected chi connectivity index (χ0v) is 12.2. The molecular formula is C16H20N4O. The highest BCUT2D eigenvalue weighted by Gasteiger charge is 2.17. The summed E-state index contributed by atoms with van der Waals surface area (Å²) in [5, 5.41) is 4.10. The summed E-state index contributed by atoms with van der Waals surface area (Å²) in [6, 6.07) is 4.18. The maximum absolute atomic E-state index is 12.0. The van der Waals surface area contributed by atoms with E-state index >= 15 is 0 Å². The van der Waals surface area contributed by atoms with E-state index in [-0.39, 0.29) is 5.91 Å². The number of likely N-dealkylation sites (tertiary alicyclic amines) is 1. The Morgan fingerprint density at radius 2 is 2.29 bits per heavy atom. The van der Waals surface area contributed by atoms with E-state index in [4.69, 9.17) is 0 Å². The lowest BCUT2D eigenvalue weighted by molar-refractivity contribution is -0.117. The Labute approximate surface area is 124 Å². The first-order valence-electron chi connectivity index (χ1n) is 7.31. The second-order valence-electron chi connectivity index (χ2n) is 5.56. The normalized spacial score (nSPS) is 17.6. The summed E-state index contributed by atoms with van der Waals surface area (Å²) in [7, 11) is 2.11. The molecule has 0 unspecified atom stereocenters. The van der Waals surface area contributed by atoms with Gasteiger partial charge in [-0.3, -0.25) is 4.79 Å². The van der Waals surface area contributed by atoms with Gasteiger partial charge >= 0.3 is 0 Å². The van der Waals surface area contributed by atoms with Crippen molar-refractivity contribution in [1.29, 1.82) is 0 Å². The molecule has 1 aliphatic rings. The van der Waals surface area contributed by atoms with Crippen LogP contribution < -0.4 is 5.32 Å². The van der Waals surface area contributed by atoms with Gasteiger partial charge in [0.1, 0.15) is 5.65 Å². The van der Waals surface area contributed by atoms with E-state index in [2.05, 4.69) is 27.2 Å². The van der Waals surface area contributed by atoms with Gasteiger partial charge in [-0.2, -0.15) is 0 Å². The van der Waals surface area contributed by atoms with Gasteiger partial charge in [-0.05, 0) is 51.2 Å². The molecule has 2 aromatic rings. The number of carbonyl (C=O) groups is 1. The number of fused-ring (bicyclic) bond motifs is 1. The molecular weight excluding hydrogens is 264 g/mol. The zero-order valence-electron chi connectivity index (χ0n) is 12.2. The van der Waals surface area contributed by atoms with Gasteiger partial charge < -0.3 is 15.2 Å². The maximum atomic E-state index is 12.0. The number of aromatic nitrogens is 2. The van der Waals surface area contributed by atoms with Crippen LogP contribution in [0.3, 0.4) is 0 Å². The summed E-state index contributed by atoms with van der Waals surface area (Å²) in [6.45, 7) is 2.09. The Morgan fingerprint density at radius 1 is 1.48 bits per heavy atom. The van der Waals surface area contributed by atoms with Gasteiger partial charge in [-0.15, -0.1) is 0 Å². The molecule has 2 N–H and O–H groups in total. The lowest BCUT2D eigenvalue weighted by Gasteiger charge is -2.29. The molecule has 0 aliphatic carbocycles. The summed E-state index contributed by atoms with van der Waals surface area (Å²) < 4.78 is 0. The van der Waals surface area contributed by atoms with Gasteiger partial charge in [0.25, 0.3) is 0 Å². The molecule has 0 atom stereocenters. The van der Waals surface area contributed by atoms with Crippen LogP contribution in [0.15, 0.2) is 30.6 Å². The minimum absolute atomic E-state index is 0.0252. The summed E-state index contributed by atoms with van der Waals surface area (Å²) in [4.78, 5) is 21.6. The number of amides is 1. The van der Waals surface area contributed by atoms with E-state index in [1.54, 1.807) is 12.3 Å². The summed E-state index contributed by atoms with van der Waals surface area (Å²) in [5.74, 6) is -0.0252. The highest BCUT2D eigenvalue weighted by molar-refractivity contribution is 5.95. The number of hydrogen-bond donors (Lipinski definition) is 2.